The standard InChI is InChI=1S/C22H26ClNO3/c1-3-21(27-19-12-13-20(23)15(2)14-19)22(25)24-16-8-10-18(11-9-16)26-17-6-4-5-7-17/h8-14,17,21H,3-7H2,1-2H3,(H,24,25)/t21-/m0/s1. The lowest BCUT2D eigenvalue weighted by Crippen LogP contribution is -2.32. The number of carbonyl (C=O) groups excluding carboxylic acids is 1. The number of aryl methyl sites for hydroxylation is 1. The quantitative estimate of drug-likeness (QED) is 0.656. The van der Waals surface area contributed by atoms with Crippen molar-refractivity contribution in [3.8, 4) is 11.5 Å². The molecule has 1 fully saturated rings. The number of nitrogens with one attached hydrogen (secondary N) is 1. The predicted molar refractivity (Wildman–Crippen MR) is 109 cm³/mol. The molecule has 0 heterocycles. The topological polar surface area (TPSA) is 47.6 Å². The Bertz CT molecular complexity index is 770. The highest BCUT2D eigenvalue weighted by Gasteiger charge is 2.19. The monoisotopic (exact) mass is 387 g/mol. The number of ether oxygens (including phenoxy) is 2. The molecule has 2 aromatic carbocycles. The summed E-state index contributed by atoms with van der Waals surface area (Å²) in [5.41, 5.74) is 1.65. The van der Waals surface area contributed by atoms with Gasteiger partial charge in [-0.25, -0.2) is 0 Å². The van der Waals surface area contributed by atoms with Crippen LogP contribution in [0, 0.1) is 6.92 Å². The number of halogens is 1. The molecule has 0 spiro atoms. The van der Waals surface area contributed by atoms with Crippen LogP contribution in [0.3, 0.4) is 0 Å². The lowest BCUT2D eigenvalue weighted by molar-refractivity contribution is -0.122. The van der Waals surface area contributed by atoms with Crippen LogP contribution in [-0.2, 0) is 4.79 Å². The first-order valence-corrected chi connectivity index (χ1v) is 9.93. The highest BCUT2D eigenvalue weighted by atomic mass is 35.5. The van der Waals surface area contributed by atoms with E-state index in [0.29, 0.717) is 23.3 Å². The molecule has 2 aromatic rings. The van der Waals surface area contributed by atoms with Crippen molar-refractivity contribution in [1.82, 2.24) is 0 Å². The lowest BCUT2D eigenvalue weighted by atomic mass is 10.2. The van der Waals surface area contributed by atoms with Gasteiger partial charge in [-0.3, -0.25) is 4.79 Å². The third kappa shape index (κ3) is 5.39. The van der Waals surface area contributed by atoms with E-state index in [1.807, 2.05) is 44.2 Å². The third-order valence-electron chi connectivity index (χ3n) is 4.80. The van der Waals surface area contributed by atoms with Crippen LogP contribution in [-0.4, -0.2) is 18.1 Å². The molecule has 0 aromatic heterocycles. The van der Waals surface area contributed by atoms with Crippen molar-refractivity contribution in [2.45, 2.75) is 58.2 Å². The second kappa shape index (κ2) is 9.14. The van der Waals surface area contributed by atoms with E-state index in [1.165, 1.54) is 12.8 Å². The predicted octanol–water partition coefficient (Wildman–Crippen LogP) is 5.77. The van der Waals surface area contributed by atoms with E-state index < -0.39 is 6.10 Å². The number of carbonyl (C=O) groups is 1. The Morgan fingerprint density at radius 3 is 2.44 bits per heavy atom. The molecule has 1 aliphatic rings. The van der Waals surface area contributed by atoms with Gasteiger partial charge in [0.1, 0.15) is 11.5 Å². The van der Waals surface area contributed by atoms with Crippen molar-refractivity contribution in [2.75, 3.05) is 5.32 Å². The largest absolute Gasteiger partial charge is 0.490 e. The molecule has 0 bridgehead atoms. The second-order valence-electron chi connectivity index (χ2n) is 6.96. The smallest absolute Gasteiger partial charge is 0.265 e. The van der Waals surface area contributed by atoms with Crippen molar-refractivity contribution in [2.24, 2.45) is 0 Å². The molecule has 1 atom stereocenters. The van der Waals surface area contributed by atoms with Gasteiger partial charge in [-0.1, -0.05) is 18.5 Å². The van der Waals surface area contributed by atoms with Crippen molar-refractivity contribution >= 4 is 23.2 Å². The van der Waals surface area contributed by atoms with Crippen LogP contribution >= 0.6 is 11.6 Å². The molecule has 4 nitrogen and oxygen atoms in total. The zero-order valence-corrected chi connectivity index (χ0v) is 16.6. The molecule has 0 radical (unpaired) electrons. The van der Waals surface area contributed by atoms with E-state index >= 15 is 0 Å². The fourth-order valence-electron chi connectivity index (χ4n) is 3.22. The molecule has 0 aliphatic heterocycles. The summed E-state index contributed by atoms with van der Waals surface area (Å²) in [7, 11) is 0. The zero-order chi connectivity index (χ0) is 19.2. The van der Waals surface area contributed by atoms with Crippen LogP contribution in [0.2, 0.25) is 5.02 Å². The molecule has 3 rings (SSSR count). The number of rotatable bonds is 7. The molecule has 1 N–H and O–H groups in total. The van der Waals surface area contributed by atoms with Gasteiger partial charge >= 0.3 is 0 Å². The van der Waals surface area contributed by atoms with E-state index in [2.05, 4.69) is 5.32 Å². The van der Waals surface area contributed by atoms with Crippen LogP contribution in [0.1, 0.15) is 44.6 Å². The van der Waals surface area contributed by atoms with Crippen LogP contribution < -0.4 is 14.8 Å². The van der Waals surface area contributed by atoms with Gasteiger partial charge in [0.15, 0.2) is 6.10 Å². The maximum absolute atomic E-state index is 12.6. The van der Waals surface area contributed by atoms with Crippen molar-refractivity contribution < 1.29 is 14.3 Å². The molecule has 5 heteroatoms. The summed E-state index contributed by atoms with van der Waals surface area (Å²) in [6.45, 7) is 3.83. The summed E-state index contributed by atoms with van der Waals surface area (Å²) < 4.78 is 11.8. The fourth-order valence-corrected chi connectivity index (χ4v) is 3.33. The average Bonchev–Trinajstić information content (AvgIpc) is 3.17. The number of hydrogen-bond donors (Lipinski definition) is 1. The Labute approximate surface area is 165 Å². The molecule has 1 saturated carbocycles. The van der Waals surface area contributed by atoms with Crippen LogP contribution in [0.4, 0.5) is 5.69 Å². The van der Waals surface area contributed by atoms with E-state index in [4.69, 9.17) is 21.1 Å². The SMILES string of the molecule is CC[C@H](Oc1ccc(Cl)c(C)c1)C(=O)Nc1ccc(OC2CCCC2)cc1. The Morgan fingerprint density at radius 1 is 1.15 bits per heavy atom. The zero-order valence-electron chi connectivity index (χ0n) is 15.8. The molecule has 27 heavy (non-hydrogen) atoms. The van der Waals surface area contributed by atoms with Gasteiger partial charge in [0.25, 0.3) is 5.91 Å². The first-order chi connectivity index (χ1) is 13.0. The summed E-state index contributed by atoms with van der Waals surface area (Å²) in [6.07, 6.45) is 5.05. The lowest BCUT2D eigenvalue weighted by Gasteiger charge is -2.18. The molecule has 0 unspecified atom stereocenters. The summed E-state index contributed by atoms with van der Waals surface area (Å²) in [6, 6.07) is 12.9. The molecular weight excluding hydrogens is 362 g/mol. The highest BCUT2D eigenvalue weighted by molar-refractivity contribution is 6.31. The fraction of sp³-hybridized carbons (Fsp3) is 0.409. The van der Waals surface area contributed by atoms with Gasteiger partial charge in [-0.2, -0.15) is 0 Å². The summed E-state index contributed by atoms with van der Waals surface area (Å²) in [5.74, 6) is 1.31. The van der Waals surface area contributed by atoms with E-state index in [9.17, 15) is 4.79 Å². The number of hydrogen-bond acceptors (Lipinski definition) is 3. The first kappa shape index (κ1) is 19.6. The first-order valence-electron chi connectivity index (χ1n) is 9.55. The van der Waals surface area contributed by atoms with Gasteiger partial charge in [0, 0.05) is 10.7 Å². The minimum Gasteiger partial charge on any atom is -0.490 e. The molecule has 0 saturated heterocycles. The normalized spacial score (nSPS) is 15.4. The average molecular weight is 388 g/mol. The van der Waals surface area contributed by atoms with E-state index in [1.54, 1.807) is 12.1 Å². The maximum Gasteiger partial charge on any atom is 0.265 e. The highest BCUT2D eigenvalue weighted by Crippen LogP contribution is 2.26. The van der Waals surface area contributed by atoms with Gasteiger partial charge in [0.2, 0.25) is 0 Å². The number of anilines is 1. The summed E-state index contributed by atoms with van der Waals surface area (Å²) in [4.78, 5) is 12.6. The molecule has 1 aliphatic carbocycles. The van der Waals surface area contributed by atoms with Crippen LogP contribution in [0.5, 0.6) is 11.5 Å². The van der Waals surface area contributed by atoms with Crippen molar-refractivity contribution in [1.29, 1.82) is 0 Å². The third-order valence-corrected chi connectivity index (χ3v) is 5.22. The van der Waals surface area contributed by atoms with Gasteiger partial charge < -0.3 is 14.8 Å². The number of amides is 1. The van der Waals surface area contributed by atoms with Crippen LogP contribution in [0.15, 0.2) is 42.5 Å². The minimum atomic E-state index is -0.569. The second-order valence-corrected chi connectivity index (χ2v) is 7.37. The Hall–Kier alpha value is -2.20. The molecular formula is C22H26ClNO3. The molecule has 144 valence electrons. The van der Waals surface area contributed by atoms with Gasteiger partial charge in [0.05, 0.1) is 6.10 Å². The minimum absolute atomic E-state index is 0.172. The van der Waals surface area contributed by atoms with Gasteiger partial charge in [-0.05, 0) is 87.1 Å². The van der Waals surface area contributed by atoms with Gasteiger partial charge in [-0.15, -0.1) is 0 Å². The Balaban J connectivity index is 1.57. The van der Waals surface area contributed by atoms with Crippen LogP contribution in [0.25, 0.3) is 0 Å². The van der Waals surface area contributed by atoms with E-state index in [0.717, 1.165) is 29.8 Å². The Kier molecular flexibility index (Phi) is 6.62. The van der Waals surface area contributed by atoms with Crippen molar-refractivity contribution in [3.05, 3.63) is 53.1 Å². The van der Waals surface area contributed by atoms with Crippen molar-refractivity contribution in [3.63, 3.8) is 0 Å². The van der Waals surface area contributed by atoms with E-state index in [-0.39, 0.29) is 5.91 Å². The summed E-state index contributed by atoms with van der Waals surface area (Å²) in [5, 5.41) is 3.59. The molecule has 1 amide bonds. The maximum atomic E-state index is 12.6. The summed E-state index contributed by atoms with van der Waals surface area (Å²) >= 11 is 6.04. The number of benzene rings is 2. The Morgan fingerprint density at radius 2 is 1.81 bits per heavy atom.